The van der Waals surface area contributed by atoms with E-state index in [4.69, 9.17) is 4.74 Å². The summed E-state index contributed by atoms with van der Waals surface area (Å²) in [6, 6.07) is 2.23. The summed E-state index contributed by atoms with van der Waals surface area (Å²) < 4.78 is 44.0. The van der Waals surface area contributed by atoms with Crippen molar-refractivity contribution in [3.05, 3.63) is 23.9 Å². The van der Waals surface area contributed by atoms with E-state index >= 15 is 0 Å². The average molecular weight is 529 g/mol. The van der Waals surface area contributed by atoms with Crippen molar-refractivity contribution < 1.29 is 22.7 Å². The second-order valence-electron chi connectivity index (χ2n) is 6.29. The van der Waals surface area contributed by atoms with E-state index in [-0.39, 0.29) is 49.1 Å². The summed E-state index contributed by atoms with van der Waals surface area (Å²) in [5, 5.41) is 6.34. The molecule has 29 heavy (non-hydrogen) atoms. The van der Waals surface area contributed by atoms with Crippen LogP contribution in [0.3, 0.4) is 0 Å². The molecule has 1 unspecified atom stereocenters. The molecular formula is C18H27F3IN5O2. The molecule has 1 aromatic rings. The minimum atomic E-state index is -4.52. The number of aliphatic imine (C=N–C) groups is 1. The van der Waals surface area contributed by atoms with Crippen LogP contribution < -0.4 is 15.4 Å². The predicted octanol–water partition coefficient (Wildman–Crippen LogP) is 2.66. The van der Waals surface area contributed by atoms with Gasteiger partial charge in [-0.1, -0.05) is 6.92 Å². The highest BCUT2D eigenvalue weighted by molar-refractivity contribution is 14.0. The third-order valence-electron chi connectivity index (χ3n) is 4.21. The maximum Gasteiger partial charge on any atom is 0.421 e. The molecule has 1 saturated heterocycles. The summed E-state index contributed by atoms with van der Waals surface area (Å²) in [5.74, 6) is 0.210. The second-order valence-corrected chi connectivity index (χ2v) is 6.29. The molecule has 1 amide bonds. The molecule has 7 nitrogen and oxygen atoms in total. The molecule has 1 aliphatic rings. The SMILES string of the molecule is CCNC(=NCCOc1ncccc1C(F)(F)F)NC1CCN(C(=O)CC)C1.I. The van der Waals surface area contributed by atoms with Crippen LogP contribution in [0.15, 0.2) is 23.3 Å². The molecule has 0 saturated carbocycles. The monoisotopic (exact) mass is 529 g/mol. The minimum absolute atomic E-state index is 0. The topological polar surface area (TPSA) is 78.9 Å². The zero-order valence-electron chi connectivity index (χ0n) is 16.5. The van der Waals surface area contributed by atoms with Gasteiger partial charge >= 0.3 is 6.18 Å². The Morgan fingerprint density at radius 1 is 1.41 bits per heavy atom. The first kappa shape index (κ1) is 25.2. The lowest BCUT2D eigenvalue weighted by Crippen LogP contribution is -2.45. The lowest BCUT2D eigenvalue weighted by atomic mass is 10.2. The fourth-order valence-electron chi connectivity index (χ4n) is 2.86. The predicted molar refractivity (Wildman–Crippen MR) is 115 cm³/mol. The van der Waals surface area contributed by atoms with Gasteiger partial charge < -0.3 is 20.3 Å². The van der Waals surface area contributed by atoms with Crippen LogP contribution in [-0.2, 0) is 11.0 Å². The summed E-state index contributed by atoms with van der Waals surface area (Å²) in [7, 11) is 0. The van der Waals surface area contributed by atoms with E-state index in [1.54, 1.807) is 0 Å². The molecule has 2 rings (SSSR count). The van der Waals surface area contributed by atoms with Gasteiger partial charge in [-0.15, -0.1) is 24.0 Å². The number of ether oxygens (including phenoxy) is 1. The lowest BCUT2D eigenvalue weighted by molar-refractivity contribution is -0.139. The standard InChI is InChI=1S/C18H26F3N5O2.HI/c1-3-15(27)26-10-7-13(12-26)25-17(22-4-2)24-9-11-28-16-14(18(19,20)21)6-5-8-23-16;/h5-6,8,13H,3-4,7,9-12H2,1-2H3,(H2,22,24,25);1H. The first-order valence-corrected chi connectivity index (χ1v) is 9.32. The Morgan fingerprint density at radius 2 is 2.17 bits per heavy atom. The van der Waals surface area contributed by atoms with E-state index < -0.39 is 17.6 Å². The number of rotatable bonds is 7. The van der Waals surface area contributed by atoms with E-state index in [1.165, 1.54) is 12.3 Å². The van der Waals surface area contributed by atoms with Crippen LogP contribution in [0.1, 0.15) is 32.3 Å². The van der Waals surface area contributed by atoms with Gasteiger partial charge in [0.15, 0.2) is 5.96 Å². The molecular weight excluding hydrogens is 502 g/mol. The number of nitrogens with one attached hydrogen (secondary N) is 2. The van der Waals surface area contributed by atoms with Gasteiger partial charge in [0.2, 0.25) is 11.8 Å². The summed E-state index contributed by atoms with van der Waals surface area (Å²) in [6.45, 7) is 5.81. The number of alkyl halides is 3. The lowest BCUT2D eigenvalue weighted by Gasteiger charge is -2.18. The van der Waals surface area contributed by atoms with Crippen LogP contribution in [0, 0.1) is 0 Å². The van der Waals surface area contributed by atoms with Crippen LogP contribution in [0.25, 0.3) is 0 Å². The number of halogens is 4. The van der Waals surface area contributed by atoms with Crippen molar-refractivity contribution in [2.75, 3.05) is 32.8 Å². The zero-order valence-corrected chi connectivity index (χ0v) is 18.8. The van der Waals surface area contributed by atoms with Crippen molar-refractivity contribution in [3.63, 3.8) is 0 Å². The van der Waals surface area contributed by atoms with E-state index in [1.807, 2.05) is 18.7 Å². The van der Waals surface area contributed by atoms with Gasteiger partial charge in [0.1, 0.15) is 12.2 Å². The Labute approximate surface area is 185 Å². The van der Waals surface area contributed by atoms with Crippen LogP contribution in [0.2, 0.25) is 0 Å². The number of carbonyl (C=O) groups excluding carboxylic acids is 1. The van der Waals surface area contributed by atoms with E-state index in [9.17, 15) is 18.0 Å². The molecule has 1 fully saturated rings. The van der Waals surface area contributed by atoms with Crippen molar-refractivity contribution in [1.82, 2.24) is 20.5 Å². The van der Waals surface area contributed by atoms with Crippen LogP contribution in [-0.4, -0.2) is 60.6 Å². The summed E-state index contributed by atoms with van der Waals surface area (Å²) in [5.41, 5.74) is -0.907. The van der Waals surface area contributed by atoms with Crippen molar-refractivity contribution in [1.29, 1.82) is 0 Å². The normalized spacial score (nSPS) is 16.9. The fraction of sp³-hybridized carbons (Fsp3) is 0.611. The molecule has 0 aromatic carbocycles. The molecule has 1 aliphatic heterocycles. The number of nitrogens with zero attached hydrogens (tertiary/aromatic N) is 3. The van der Waals surface area contributed by atoms with E-state index in [2.05, 4.69) is 20.6 Å². The molecule has 0 radical (unpaired) electrons. The Hall–Kier alpha value is -1.79. The molecule has 164 valence electrons. The molecule has 0 bridgehead atoms. The quantitative estimate of drug-likeness (QED) is 0.246. The highest BCUT2D eigenvalue weighted by atomic mass is 127. The molecule has 1 atom stereocenters. The van der Waals surface area contributed by atoms with Gasteiger partial charge in [0.25, 0.3) is 0 Å². The number of aromatic nitrogens is 1. The Morgan fingerprint density at radius 3 is 2.83 bits per heavy atom. The zero-order chi connectivity index (χ0) is 20.6. The average Bonchev–Trinajstić information content (AvgIpc) is 3.12. The third kappa shape index (κ3) is 7.86. The number of amides is 1. The Balaban J connectivity index is 0.00000420. The molecule has 1 aromatic heterocycles. The Bertz CT molecular complexity index is 688. The van der Waals surface area contributed by atoms with Gasteiger partial charge in [-0.2, -0.15) is 13.2 Å². The largest absolute Gasteiger partial charge is 0.475 e. The number of likely N-dealkylation sites (tertiary alicyclic amines) is 1. The van der Waals surface area contributed by atoms with Gasteiger partial charge in [-0.25, -0.2) is 9.98 Å². The van der Waals surface area contributed by atoms with E-state index in [0.717, 1.165) is 12.5 Å². The first-order chi connectivity index (χ1) is 13.3. The van der Waals surface area contributed by atoms with Crippen LogP contribution in [0.4, 0.5) is 13.2 Å². The minimum Gasteiger partial charge on any atom is -0.475 e. The number of pyridine rings is 1. The van der Waals surface area contributed by atoms with Gasteiger partial charge in [0, 0.05) is 38.3 Å². The summed E-state index contributed by atoms with van der Waals surface area (Å²) in [6.07, 6.45) is -1.97. The van der Waals surface area contributed by atoms with Crippen LogP contribution >= 0.6 is 24.0 Å². The van der Waals surface area contributed by atoms with Crippen molar-refractivity contribution in [3.8, 4) is 5.88 Å². The van der Waals surface area contributed by atoms with Gasteiger partial charge in [-0.05, 0) is 25.5 Å². The molecule has 2 heterocycles. The smallest absolute Gasteiger partial charge is 0.421 e. The molecule has 0 spiro atoms. The van der Waals surface area contributed by atoms with Gasteiger partial charge in [0.05, 0.1) is 6.54 Å². The first-order valence-electron chi connectivity index (χ1n) is 9.32. The summed E-state index contributed by atoms with van der Waals surface area (Å²) >= 11 is 0. The fourth-order valence-corrected chi connectivity index (χ4v) is 2.86. The maximum absolute atomic E-state index is 12.9. The molecule has 0 aliphatic carbocycles. The van der Waals surface area contributed by atoms with Crippen LogP contribution in [0.5, 0.6) is 5.88 Å². The molecule has 11 heteroatoms. The van der Waals surface area contributed by atoms with Crippen molar-refractivity contribution >= 4 is 35.8 Å². The highest BCUT2D eigenvalue weighted by Crippen LogP contribution is 2.34. The number of carbonyl (C=O) groups is 1. The number of guanidine groups is 1. The maximum atomic E-state index is 12.9. The van der Waals surface area contributed by atoms with Gasteiger partial charge in [-0.3, -0.25) is 4.79 Å². The molecule has 2 N–H and O–H groups in total. The van der Waals surface area contributed by atoms with Crippen molar-refractivity contribution in [2.24, 2.45) is 4.99 Å². The number of hydrogen-bond acceptors (Lipinski definition) is 4. The van der Waals surface area contributed by atoms with Crippen molar-refractivity contribution in [2.45, 2.75) is 38.9 Å². The Kier molecular flexibility index (Phi) is 10.5. The third-order valence-corrected chi connectivity index (χ3v) is 4.21. The van der Waals surface area contributed by atoms with E-state index in [0.29, 0.717) is 32.0 Å². The summed E-state index contributed by atoms with van der Waals surface area (Å²) in [4.78, 5) is 21.6. The second kappa shape index (κ2) is 12.0. The highest BCUT2D eigenvalue weighted by Gasteiger charge is 2.35. The number of hydrogen-bond donors (Lipinski definition) is 2.